The molecule has 1 aromatic heterocycles. The molecule has 2 unspecified atom stereocenters. The van der Waals surface area contributed by atoms with Crippen molar-refractivity contribution in [1.29, 1.82) is 0 Å². The van der Waals surface area contributed by atoms with Gasteiger partial charge in [0.05, 0.1) is 12.4 Å². The minimum absolute atomic E-state index is 0.0345. The zero-order chi connectivity index (χ0) is 10.0. The van der Waals surface area contributed by atoms with E-state index in [1.807, 2.05) is 23.9 Å². The van der Waals surface area contributed by atoms with Crippen molar-refractivity contribution in [2.24, 2.45) is 0 Å². The van der Waals surface area contributed by atoms with Gasteiger partial charge in [0.15, 0.2) is 0 Å². The summed E-state index contributed by atoms with van der Waals surface area (Å²) in [6, 6.07) is 3.79. The van der Waals surface area contributed by atoms with E-state index in [-0.39, 0.29) is 10.9 Å². The zero-order valence-electron chi connectivity index (χ0n) is 8.40. The summed E-state index contributed by atoms with van der Waals surface area (Å²) >= 11 is 1.88. The lowest BCUT2D eigenvalue weighted by Crippen LogP contribution is -2.35. The predicted molar refractivity (Wildman–Crippen MR) is 58.5 cm³/mol. The third-order valence-corrected chi connectivity index (χ3v) is 4.56. The molecule has 78 valence electrons. The highest BCUT2D eigenvalue weighted by atomic mass is 32.2. The van der Waals surface area contributed by atoms with Gasteiger partial charge in [-0.2, -0.15) is 11.8 Å². The molecule has 0 amide bonds. The van der Waals surface area contributed by atoms with Crippen molar-refractivity contribution in [2.75, 3.05) is 5.75 Å². The second kappa shape index (κ2) is 3.99. The van der Waals surface area contributed by atoms with Gasteiger partial charge in [-0.1, -0.05) is 0 Å². The SMILES string of the molecule is CC1(C(O)Cc2ccco2)CCCS1. The van der Waals surface area contributed by atoms with Gasteiger partial charge in [0.2, 0.25) is 0 Å². The van der Waals surface area contributed by atoms with Crippen LogP contribution in [0.25, 0.3) is 0 Å². The van der Waals surface area contributed by atoms with Crippen LogP contribution in [-0.4, -0.2) is 21.7 Å². The Morgan fingerprint density at radius 2 is 2.57 bits per heavy atom. The molecular weight excluding hydrogens is 196 g/mol. The second-order valence-corrected chi connectivity index (χ2v) is 5.69. The number of rotatable bonds is 3. The van der Waals surface area contributed by atoms with Gasteiger partial charge in [-0.25, -0.2) is 0 Å². The average Bonchev–Trinajstić information content (AvgIpc) is 2.76. The lowest BCUT2D eigenvalue weighted by molar-refractivity contribution is 0.127. The van der Waals surface area contributed by atoms with Gasteiger partial charge in [0, 0.05) is 11.2 Å². The Labute approximate surface area is 88.7 Å². The van der Waals surface area contributed by atoms with E-state index >= 15 is 0 Å². The highest BCUT2D eigenvalue weighted by molar-refractivity contribution is 8.00. The quantitative estimate of drug-likeness (QED) is 0.835. The monoisotopic (exact) mass is 212 g/mol. The highest BCUT2D eigenvalue weighted by Crippen LogP contribution is 2.41. The lowest BCUT2D eigenvalue weighted by atomic mass is 9.95. The summed E-state index contributed by atoms with van der Waals surface area (Å²) in [6.45, 7) is 2.15. The van der Waals surface area contributed by atoms with Crippen LogP contribution in [0.2, 0.25) is 0 Å². The van der Waals surface area contributed by atoms with E-state index in [0.29, 0.717) is 6.42 Å². The van der Waals surface area contributed by atoms with Crippen molar-refractivity contribution in [3.8, 4) is 0 Å². The molecule has 1 N–H and O–H groups in total. The second-order valence-electron chi connectivity index (χ2n) is 4.06. The zero-order valence-corrected chi connectivity index (χ0v) is 9.22. The summed E-state index contributed by atoms with van der Waals surface area (Å²) in [4.78, 5) is 0. The van der Waals surface area contributed by atoms with Crippen LogP contribution in [0.15, 0.2) is 22.8 Å². The Balaban J connectivity index is 1.98. The molecule has 0 radical (unpaired) electrons. The standard InChI is InChI=1S/C11H16O2S/c1-11(5-3-7-14-11)10(12)8-9-4-2-6-13-9/h2,4,6,10,12H,3,5,7-8H2,1H3. The molecule has 0 aliphatic carbocycles. The first-order chi connectivity index (χ1) is 6.71. The number of aliphatic hydroxyl groups is 1. The van der Waals surface area contributed by atoms with Crippen molar-refractivity contribution >= 4 is 11.8 Å². The summed E-state index contributed by atoms with van der Waals surface area (Å²) in [5.41, 5.74) is 0. The summed E-state index contributed by atoms with van der Waals surface area (Å²) in [6.07, 6.45) is 4.33. The van der Waals surface area contributed by atoms with Crippen molar-refractivity contribution in [3.63, 3.8) is 0 Å². The maximum absolute atomic E-state index is 10.1. The highest BCUT2D eigenvalue weighted by Gasteiger charge is 2.37. The third-order valence-electron chi connectivity index (χ3n) is 2.93. The van der Waals surface area contributed by atoms with Gasteiger partial charge in [-0.3, -0.25) is 0 Å². The first-order valence-corrected chi connectivity index (χ1v) is 6.04. The Morgan fingerprint density at radius 1 is 1.71 bits per heavy atom. The van der Waals surface area contributed by atoms with Crippen molar-refractivity contribution in [1.82, 2.24) is 0 Å². The lowest BCUT2D eigenvalue weighted by Gasteiger charge is -2.28. The summed E-state index contributed by atoms with van der Waals surface area (Å²) in [5, 5.41) is 10.1. The van der Waals surface area contributed by atoms with Crippen molar-refractivity contribution in [2.45, 2.75) is 37.0 Å². The van der Waals surface area contributed by atoms with Gasteiger partial charge in [0.1, 0.15) is 5.76 Å². The van der Waals surface area contributed by atoms with E-state index < -0.39 is 0 Å². The molecule has 2 nitrogen and oxygen atoms in total. The molecule has 2 heterocycles. The summed E-state index contributed by atoms with van der Waals surface area (Å²) in [7, 11) is 0. The fourth-order valence-electron chi connectivity index (χ4n) is 1.90. The van der Waals surface area contributed by atoms with Gasteiger partial charge in [0.25, 0.3) is 0 Å². The fourth-order valence-corrected chi connectivity index (χ4v) is 3.22. The van der Waals surface area contributed by atoms with Crippen LogP contribution < -0.4 is 0 Å². The summed E-state index contributed by atoms with van der Waals surface area (Å²) < 4.78 is 5.27. The van der Waals surface area contributed by atoms with E-state index in [4.69, 9.17) is 4.42 Å². The van der Waals surface area contributed by atoms with Crippen LogP contribution in [-0.2, 0) is 6.42 Å². The predicted octanol–water partition coefficient (Wildman–Crippen LogP) is 2.47. The fraction of sp³-hybridized carbons (Fsp3) is 0.636. The summed E-state index contributed by atoms with van der Waals surface area (Å²) in [5.74, 6) is 2.05. The average molecular weight is 212 g/mol. The molecule has 3 heteroatoms. The smallest absolute Gasteiger partial charge is 0.106 e. The number of hydrogen-bond acceptors (Lipinski definition) is 3. The molecule has 0 saturated carbocycles. The first kappa shape index (κ1) is 10.1. The Morgan fingerprint density at radius 3 is 3.14 bits per heavy atom. The first-order valence-electron chi connectivity index (χ1n) is 5.05. The number of furan rings is 1. The van der Waals surface area contributed by atoms with Crippen molar-refractivity contribution < 1.29 is 9.52 Å². The molecule has 1 saturated heterocycles. The number of thioether (sulfide) groups is 1. The molecule has 14 heavy (non-hydrogen) atoms. The third kappa shape index (κ3) is 1.98. The Hall–Kier alpha value is -0.410. The molecule has 0 bridgehead atoms. The van der Waals surface area contributed by atoms with Crippen LogP contribution in [0, 0.1) is 0 Å². The van der Waals surface area contributed by atoms with Gasteiger partial charge >= 0.3 is 0 Å². The molecule has 1 aromatic rings. The van der Waals surface area contributed by atoms with Crippen LogP contribution in [0.5, 0.6) is 0 Å². The molecule has 2 atom stereocenters. The van der Waals surface area contributed by atoms with Gasteiger partial charge in [-0.15, -0.1) is 0 Å². The Kier molecular flexibility index (Phi) is 2.88. The molecule has 1 fully saturated rings. The van der Waals surface area contributed by atoms with Crippen molar-refractivity contribution in [3.05, 3.63) is 24.2 Å². The minimum atomic E-state index is -0.291. The maximum atomic E-state index is 10.1. The topological polar surface area (TPSA) is 33.4 Å². The van der Waals surface area contributed by atoms with Gasteiger partial charge < -0.3 is 9.52 Å². The van der Waals surface area contributed by atoms with E-state index in [1.54, 1.807) is 6.26 Å². The normalized spacial score (nSPS) is 29.3. The Bertz CT molecular complexity index is 275. The molecule has 0 spiro atoms. The number of aliphatic hydroxyl groups excluding tert-OH is 1. The molecule has 0 aromatic carbocycles. The van der Waals surface area contributed by atoms with E-state index in [0.717, 1.165) is 12.2 Å². The van der Waals surface area contributed by atoms with Crippen LogP contribution in [0.4, 0.5) is 0 Å². The van der Waals surface area contributed by atoms with E-state index in [2.05, 4.69) is 6.92 Å². The van der Waals surface area contributed by atoms with Crippen LogP contribution in [0.1, 0.15) is 25.5 Å². The maximum Gasteiger partial charge on any atom is 0.106 e. The molecule has 1 aliphatic rings. The van der Waals surface area contributed by atoms with Crippen LogP contribution >= 0.6 is 11.8 Å². The van der Waals surface area contributed by atoms with E-state index in [9.17, 15) is 5.11 Å². The largest absolute Gasteiger partial charge is 0.469 e. The minimum Gasteiger partial charge on any atom is -0.469 e. The van der Waals surface area contributed by atoms with E-state index in [1.165, 1.54) is 12.2 Å². The molecule has 2 rings (SSSR count). The molecule has 1 aliphatic heterocycles. The van der Waals surface area contributed by atoms with Gasteiger partial charge in [-0.05, 0) is 37.7 Å². The van der Waals surface area contributed by atoms with Crippen LogP contribution in [0.3, 0.4) is 0 Å². The number of hydrogen-bond donors (Lipinski definition) is 1. The molecular formula is C11H16O2S.